The summed E-state index contributed by atoms with van der Waals surface area (Å²) in [5.41, 5.74) is 2.74. The second-order valence-corrected chi connectivity index (χ2v) is 3.48. The number of methoxy groups -OCH3 is 1. The number of benzene rings is 2. The number of carbonyl (C=O) groups is 1. The fourth-order valence-corrected chi connectivity index (χ4v) is 1.43. The smallest absolute Gasteiger partial charge is 0.292 e. The summed E-state index contributed by atoms with van der Waals surface area (Å²) < 4.78 is 3.86. The van der Waals surface area contributed by atoms with Crippen LogP contribution in [0.25, 0.3) is 0 Å². The molecule has 0 saturated carbocycles. The third-order valence-corrected chi connectivity index (χ3v) is 2.19. The maximum absolute atomic E-state index is 8.95. The molecule has 0 aromatic heterocycles. The summed E-state index contributed by atoms with van der Waals surface area (Å²) in [6.07, 6.45) is 1.03. The van der Waals surface area contributed by atoms with E-state index in [0.29, 0.717) is 6.47 Å². The minimum absolute atomic E-state index is 0.375. The van der Waals surface area contributed by atoms with Gasteiger partial charge in [-0.3, -0.25) is 4.79 Å². The van der Waals surface area contributed by atoms with Gasteiger partial charge in [0.1, 0.15) is 0 Å². The Morgan fingerprint density at radius 2 is 1.24 bits per heavy atom. The number of carbonyl (C=O) groups excluding carboxylic acids is 1. The lowest BCUT2D eigenvalue weighted by Crippen LogP contribution is -1.85. The Labute approximate surface area is 102 Å². The van der Waals surface area contributed by atoms with Crippen LogP contribution in [0.5, 0.6) is 0 Å². The molecule has 2 heteroatoms. The average molecular weight is 228 g/mol. The van der Waals surface area contributed by atoms with E-state index in [1.807, 2.05) is 0 Å². The zero-order chi connectivity index (χ0) is 12.3. The molecule has 2 aromatic carbocycles. The summed E-state index contributed by atoms with van der Waals surface area (Å²) in [5.74, 6) is 0. The Morgan fingerprint density at radius 1 is 0.882 bits per heavy atom. The van der Waals surface area contributed by atoms with Crippen LogP contribution in [0.1, 0.15) is 11.1 Å². The zero-order valence-corrected chi connectivity index (χ0v) is 9.87. The monoisotopic (exact) mass is 228 g/mol. The highest BCUT2D eigenvalue weighted by Crippen LogP contribution is 2.07. The van der Waals surface area contributed by atoms with Crippen LogP contribution in [0, 0.1) is 0 Å². The molecule has 0 aliphatic rings. The molecule has 0 N–H and O–H groups in total. The van der Waals surface area contributed by atoms with Crippen LogP contribution in [-0.4, -0.2) is 13.6 Å². The van der Waals surface area contributed by atoms with Crippen LogP contribution in [0.4, 0.5) is 0 Å². The normalized spacial score (nSPS) is 8.76. The highest BCUT2D eigenvalue weighted by atomic mass is 16.5. The third kappa shape index (κ3) is 5.52. The molecule has 2 rings (SSSR count). The molecular formula is C15H16O2. The molecular weight excluding hydrogens is 212 g/mol. The van der Waals surface area contributed by atoms with E-state index in [2.05, 4.69) is 65.4 Å². The fraction of sp³-hybridized carbons (Fsp3) is 0.133. The Kier molecular flexibility index (Phi) is 6.19. The van der Waals surface area contributed by atoms with Gasteiger partial charge in [0.05, 0.1) is 7.11 Å². The largest absolute Gasteiger partial charge is 0.471 e. The molecule has 0 amide bonds. The molecule has 0 aliphatic heterocycles. The molecule has 0 aliphatic carbocycles. The number of hydrogen-bond acceptors (Lipinski definition) is 2. The van der Waals surface area contributed by atoms with Crippen molar-refractivity contribution in [1.82, 2.24) is 0 Å². The van der Waals surface area contributed by atoms with Gasteiger partial charge in [0.2, 0.25) is 0 Å². The van der Waals surface area contributed by atoms with Crippen molar-refractivity contribution in [2.45, 2.75) is 6.42 Å². The number of rotatable bonds is 3. The van der Waals surface area contributed by atoms with Gasteiger partial charge >= 0.3 is 0 Å². The molecule has 0 atom stereocenters. The van der Waals surface area contributed by atoms with Gasteiger partial charge in [-0.25, -0.2) is 0 Å². The van der Waals surface area contributed by atoms with E-state index in [1.54, 1.807) is 0 Å². The summed E-state index contributed by atoms with van der Waals surface area (Å²) in [6.45, 7) is 0.375. The van der Waals surface area contributed by atoms with Crippen LogP contribution < -0.4 is 0 Å². The Hall–Kier alpha value is -2.09. The van der Waals surface area contributed by atoms with Gasteiger partial charge in [0.25, 0.3) is 6.47 Å². The van der Waals surface area contributed by atoms with Crippen molar-refractivity contribution in [3.63, 3.8) is 0 Å². The van der Waals surface area contributed by atoms with Crippen molar-refractivity contribution >= 4 is 6.47 Å². The SMILES string of the molecule is COC=O.c1ccc(Cc2ccccc2)cc1. The van der Waals surface area contributed by atoms with Gasteiger partial charge in [-0.05, 0) is 17.5 Å². The predicted molar refractivity (Wildman–Crippen MR) is 68.8 cm³/mol. The van der Waals surface area contributed by atoms with Crippen LogP contribution in [0.3, 0.4) is 0 Å². The van der Waals surface area contributed by atoms with E-state index in [4.69, 9.17) is 4.79 Å². The Morgan fingerprint density at radius 3 is 1.53 bits per heavy atom. The van der Waals surface area contributed by atoms with Gasteiger partial charge in [-0.1, -0.05) is 60.7 Å². The first-order valence-electron chi connectivity index (χ1n) is 5.41. The van der Waals surface area contributed by atoms with E-state index < -0.39 is 0 Å². The minimum Gasteiger partial charge on any atom is -0.471 e. The second kappa shape index (κ2) is 8.11. The summed E-state index contributed by atoms with van der Waals surface area (Å²) in [4.78, 5) is 8.95. The Balaban J connectivity index is 0.000000317. The predicted octanol–water partition coefficient (Wildman–Crippen LogP) is 3.07. The zero-order valence-electron chi connectivity index (χ0n) is 9.87. The van der Waals surface area contributed by atoms with E-state index in [1.165, 1.54) is 18.2 Å². The fourth-order valence-electron chi connectivity index (χ4n) is 1.43. The van der Waals surface area contributed by atoms with Crippen molar-refractivity contribution in [1.29, 1.82) is 0 Å². The van der Waals surface area contributed by atoms with Gasteiger partial charge in [0.15, 0.2) is 0 Å². The van der Waals surface area contributed by atoms with E-state index in [9.17, 15) is 0 Å². The quantitative estimate of drug-likeness (QED) is 0.755. The lowest BCUT2D eigenvalue weighted by atomic mass is 10.1. The van der Waals surface area contributed by atoms with Crippen molar-refractivity contribution in [2.75, 3.05) is 7.11 Å². The summed E-state index contributed by atoms with van der Waals surface area (Å²) in [6, 6.07) is 21.1. The van der Waals surface area contributed by atoms with Crippen LogP contribution in [-0.2, 0) is 16.0 Å². The molecule has 0 heterocycles. The van der Waals surface area contributed by atoms with E-state index in [0.717, 1.165) is 6.42 Å². The lowest BCUT2D eigenvalue weighted by Gasteiger charge is -2.00. The Bertz CT molecular complexity index is 372. The van der Waals surface area contributed by atoms with Crippen molar-refractivity contribution in [2.24, 2.45) is 0 Å². The first kappa shape index (κ1) is 13.0. The molecule has 17 heavy (non-hydrogen) atoms. The van der Waals surface area contributed by atoms with E-state index in [-0.39, 0.29) is 0 Å². The summed E-state index contributed by atoms with van der Waals surface area (Å²) in [5, 5.41) is 0. The highest BCUT2D eigenvalue weighted by molar-refractivity contribution is 5.36. The van der Waals surface area contributed by atoms with Gasteiger partial charge in [0, 0.05) is 0 Å². The first-order valence-corrected chi connectivity index (χ1v) is 5.41. The summed E-state index contributed by atoms with van der Waals surface area (Å²) >= 11 is 0. The first-order chi connectivity index (χ1) is 8.36. The minimum atomic E-state index is 0.375. The van der Waals surface area contributed by atoms with Crippen molar-refractivity contribution in [3.8, 4) is 0 Å². The van der Waals surface area contributed by atoms with Crippen LogP contribution in [0.2, 0.25) is 0 Å². The lowest BCUT2D eigenvalue weighted by molar-refractivity contribution is -0.126. The second-order valence-electron chi connectivity index (χ2n) is 3.48. The topological polar surface area (TPSA) is 26.3 Å². The van der Waals surface area contributed by atoms with Gasteiger partial charge in [-0.2, -0.15) is 0 Å². The van der Waals surface area contributed by atoms with Gasteiger partial charge in [-0.15, -0.1) is 0 Å². The summed E-state index contributed by atoms with van der Waals surface area (Å²) in [7, 11) is 1.31. The molecule has 2 nitrogen and oxygen atoms in total. The molecule has 0 unspecified atom stereocenters. The molecule has 0 bridgehead atoms. The number of hydrogen-bond donors (Lipinski definition) is 0. The van der Waals surface area contributed by atoms with Gasteiger partial charge < -0.3 is 4.74 Å². The molecule has 0 radical (unpaired) electrons. The maximum Gasteiger partial charge on any atom is 0.292 e. The molecule has 2 aromatic rings. The number of ether oxygens (including phenoxy) is 1. The van der Waals surface area contributed by atoms with E-state index >= 15 is 0 Å². The highest BCUT2D eigenvalue weighted by Gasteiger charge is 1.92. The standard InChI is InChI=1S/C13H12.C2H4O2/c1-3-7-12(8-4-1)11-13-9-5-2-6-10-13;1-4-2-3/h1-10H,11H2;2H,1H3. The van der Waals surface area contributed by atoms with Crippen LogP contribution >= 0.6 is 0 Å². The third-order valence-electron chi connectivity index (χ3n) is 2.19. The van der Waals surface area contributed by atoms with Crippen molar-refractivity contribution < 1.29 is 9.53 Å². The maximum atomic E-state index is 8.95. The molecule has 0 fully saturated rings. The van der Waals surface area contributed by atoms with Crippen molar-refractivity contribution in [3.05, 3.63) is 71.8 Å². The molecule has 0 saturated heterocycles. The van der Waals surface area contributed by atoms with Crippen LogP contribution in [0.15, 0.2) is 60.7 Å². The average Bonchev–Trinajstić information content (AvgIpc) is 2.41. The molecule has 0 spiro atoms. The molecule has 88 valence electrons.